The van der Waals surface area contributed by atoms with Crippen molar-refractivity contribution >= 4 is 5.91 Å². The van der Waals surface area contributed by atoms with Crippen molar-refractivity contribution < 1.29 is 9.63 Å². The maximum absolute atomic E-state index is 11.4. The molecule has 4 nitrogen and oxygen atoms in total. The fraction of sp³-hybridized carbons (Fsp3) is 0.889. The van der Waals surface area contributed by atoms with Crippen molar-refractivity contribution in [1.82, 2.24) is 9.96 Å². The van der Waals surface area contributed by atoms with Gasteiger partial charge >= 0.3 is 0 Å². The van der Waals surface area contributed by atoms with Crippen LogP contribution in [0.4, 0.5) is 0 Å². The standard InChI is InChI=1S/C9H14N2O2/c1-10-8(12)4-9(13-10)6-11-3-2-7(9)5-11/h7H,2-6H2,1H3/t7-,9-/m1/s1. The molecule has 13 heavy (non-hydrogen) atoms. The van der Waals surface area contributed by atoms with Crippen molar-refractivity contribution in [2.45, 2.75) is 18.4 Å². The van der Waals surface area contributed by atoms with Crippen LogP contribution < -0.4 is 0 Å². The Morgan fingerprint density at radius 1 is 1.62 bits per heavy atom. The van der Waals surface area contributed by atoms with Gasteiger partial charge in [-0.15, -0.1) is 0 Å². The van der Waals surface area contributed by atoms with Crippen LogP contribution in [0.2, 0.25) is 0 Å². The highest BCUT2D eigenvalue weighted by molar-refractivity contribution is 5.78. The summed E-state index contributed by atoms with van der Waals surface area (Å²) in [7, 11) is 1.72. The molecule has 0 radical (unpaired) electrons. The molecule has 72 valence electrons. The van der Waals surface area contributed by atoms with Crippen molar-refractivity contribution in [2.24, 2.45) is 5.92 Å². The van der Waals surface area contributed by atoms with Crippen molar-refractivity contribution in [3.63, 3.8) is 0 Å². The van der Waals surface area contributed by atoms with Crippen LogP contribution in [0.25, 0.3) is 0 Å². The van der Waals surface area contributed by atoms with Gasteiger partial charge in [0.1, 0.15) is 5.60 Å². The van der Waals surface area contributed by atoms with Gasteiger partial charge in [-0.2, -0.15) is 0 Å². The summed E-state index contributed by atoms with van der Waals surface area (Å²) in [4.78, 5) is 19.5. The third-order valence-electron chi connectivity index (χ3n) is 3.63. The molecular formula is C9H14N2O2. The molecule has 0 aromatic heterocycles. The summed E-state index contributed by atoms with van der Waals surface area (Å²) >= 11 is 0. The molecule has 0 aromatic carbocycles. The van der Waals surface area contributed by atoms with Crippen LogP contribution in [0.15, 0.2) is 0 Å². The molecule has 1 unspecified atom stereocenters. The third kappa shape index (κ3) is 0.901. The Balaban J connectivity index is 1.88. The summed E-state index contributed by atoms with van der Waals surface area (Å²) in [5, 5.41) is 1.42. The van der Waals surface area contributed by atoms with E-state index in [-0.39, 0.29) is 11.5 Å². The van der Waals surface area contributed by atoms with Gasteiger partial charge < -0.3 is 0 Å². The molecule has 0 aromatic rings. The first-order valence-electron chi connectivity index (χ1n) is 4.88. The average Bonchev–Trinajstić information content (AvgIpc) is 2.68. The van der Waals surface area contributed by atoms with Crippen LogP contribution in [0.1, 0.15) is 12.8 Å². The van der Waals surface area contributed by atoms with Gasteiger partial charge in [-0.3, -0.25) is 14.5 Å². The van der Waals surface area contributed by atoms with Gasteiger partial charge in [0.15, 0.2) is 0 Å². The van der Waals surface area contributed by atoms with E-state index < -0.39 is 0 Å². The van der Waals surface area contributed by atoms with Crippen LogP contribution in [-0.4, -0.2) is 48.2 Å². The quantitative estimate of drug-likeness (QED) is 0.522. The Kier molecular flexibility index (Phi) is 1.34. The van der Waals surface area contributed by atoms with Gasteiger partial charge in [0.2, 0.25) is 5.91 Å². The lowest BCUT2D eigenvalue weighted by Crippen LogP contribution is -2.42. The first-order chi connectivity index (χ1) is 6.20. The summed E-state index contributed by atoms with van der Waals surface area (Å²) in [6, 6.07) is 0. The molecule has 3 saturated heterocycles. The van der Waals surface area contributed by atoms with Crippen molar-refractivity contribution in [3.05, 3.63) is 0 Å². The van der Waals surface area contributed by atoms with Crippen LogP contribution in [0.5, 0.6) is 0 Å². The molecule has 3 atom stereocenters. The summed E-state index contributed by atoms with van der Waals surface area (Å²) in [5.41, 5.74) is -0.149. The number of carbonyl (C=O) groups excluding carboxylic acids is 1. The molecule has 1 amide bonds. The third-order valence-corrected chi connectivity index (χ3v) is 3.63. The maximum Gasteiger partial charge on any atom is 0.248 e. The first-order valence-corrected chi connectivity index (χ1v) is 4.88. The Labute approximate surface area is 77.4 Å². The second-order valence-electron chi connectivity index (χ2n) is 4.44. The zero-order chi connectivity index (χ0) is 9.05. The number of fused-ring (bicyclic) bond motifs is 3. The van der Waals surface area contributed by atoms with Crippen LogP contribution in [0.3, 0.4) is 0 Å². The number of nitrogens with zero attached hydrogens (tertiary/aromatic N) is 2. The molecule has 1 spiro atoms. The minimum Gasteiger partial charge on any atom is -0.300 e. The van der Waals surface area contributed by atoms with Crippen LogP contribution in [0, 0.1) is 5.92 Å². The van der Waals surface area contributed by atoms with Crippen molar-refractivity contribution in [1.29, 1.82) is 0 Å². The van der Waals surface area contributed by atoms with E-state index in [1.54, 1.807) is 7.05 Å². The molecule has 0 saturated carbocycles. The van der Waals surface area contributed by atoms with Gasteiger partial charge in [0, 0.05) is 26.1 Å². The predicted molar refractivity (Wildman–Crippen MR) is 45.8 cm³/mol. The lowest BCUT2D eigenvalue weighted by atomic mass is 9.85. The summed E-state index contributed by atoms with van der Waals surface area (Å²) < 4.78 is 0. The molecule has 3 fully saturated rings. The van der Waals surface area contributed by atoms with Gasteiger partial charge in [0.05, 0.1) is 6.42 Å². The molecule has 4 heteroatoms. The average molecular weight is 182 g/mol. The molecule has 3 heterocycles. The highest BCUT2D eigenvalue weighted by Crippen LogP contribution is 2.44. The second-order valence-corrected chi connectivity index (χ2v) is 4.44. The highest BCUT2D eigenvalue weighted by atomic mass is 16.7. The lowest BCUT2D eigenvalue weighted by Gasteiger charge is -2.31. The first kappa shape index (κ1) is 7.76. The number of hydrogen-bond acceptors (Lipinski definition) is 3. The molecular weight excluding hydrogens is 168 g/mol. The molecule has 0 aliphatic carbocycles. The Morgan fingerprint density at radius 3 is 2.92 bits per heavy atom. The smallest absolute Gasteiger partial charge is 0.248 e. The monoisotopic (exact) mass is 182 g/mol. The molecule has 0 N–H and O–H groups in total. The summed E-state index contributed by atoms with van der Waals surface area (Å²) in [5.74, 6) is 0.718. The van der Waals surface area contributed by atoms with E-state index in [2.05, 4.69) is 4.90 Å². The van der Waals surface area contributed by atoms with Gasteiger partial charge in [-0.25, -0.2) is 5.06 Å². The van der Waals surface area contributed by atoms with E-state index in [1.807, 2.05) is 0 Å². The normalized spacial score (nSPS) is 48.4. The van der Waals surface area contributed by atoms with E-state index >= 15 is 0 Å². The summed E-state index contributed by atoms with van der Waals surface area (Å²) in [6.07, 6.45) is 1.78. The highest BCUT2D eigenvalue weighted by Gasteiger charge is 2.57. The Hall–Kier alpha value is -0.610. The molecule has 3 aliphatic heterocycles. The zero-order valence-electron chi connectivity index (χ0n) is 7.82. The number of amides is 1. The molecule has 3 aliphatic rings. The van der Waals surface area contributed by atoms with Gasteiger partial charge in [-0.1, -0.05) is 0 Å². The second kappa shape index (κ2) is 2.25. The topological polar surface area (TPSA) is 32.8 Å². The number of rotatable bonds is 0. The molecule has 2 bridgehead atoms. The number of carbonyl (C=O) groups is 1. The number of hydroxylamine groups is 2. The van der Waals surface area contributed by atoms with Crippen LogP contribution >= 0.6 is 0 Å². The predicted octanol–water partition coefficient (Wildman–Crippen LogP) is -0.146. The van der Waals surface area contributed by atoms with E-state index in [0.717, 1.165) is 13.1 Å². The fourth-order valence-electron chi connectivity index (χ4n) is 2.94. The SMILES string of the molecule is CN1O[C@]2(CC1=O)CN1CC[C@@H]2C1. The Bertz CT molecular complexity index is 268. The number of hydrogen-bond donors (Lipinski definition) is 0. The number of piperidine rings is 1. The Morgan fingerprint density at radius 2 is 2.46 bits per heavy atom. The van der Waals surface area contributed by atoms with Crippen molar-refractivity contribution in [2.75, 3.05) is 26.7 Å². The summed E-state index contributed by atoms with van der Waals surface area (Å²) in [6.45, 7) is 3.27. The van der Waals surface area contributed by atoms with E-state index in [9.17, 15) is 4.79 Å². The minimum absolute atomic E-state index is 0.133. The van der Waals surface area contributed by atoms with E-state index in [4.69, 9.17) is 4.84 Å². The largest absolute Gasteiger partial charge is 0.300 e. The van der Waals surface area contributed by atoms with Crippen LogP contribution in [-0.2, 0) is 9.63 Å². The van der Waals surface area contributed by atoms with E-state index in [1.165, 1.54) is 18.0 Å². The molecule has 3 rings (SSSR count). The zero-order valence-corrected chi connectivity index (χ0v) is 7.82. The van der Waals surface area contributed by atoms with Crippen molar-refractivity contribution in [3.8, 4) is 0 Å². The van der Waals surface area contributed by atoms with Gasteiger partial charge in [0.25, 0.3) is 0 Å². The maximum atomic E-state index is 11.4. The fourth-order valence-corrected chi connectivity index (χ4v) is 2.94. The van der Waals surface area contributed by atoms with E-state index in [0.29, 0.717) is 12.3 Å². The lowest BCUT2D eigenvalue weighted by molar-refractivity contribution is -0.197. The minimum atomic E-state index is -0.149. The van der Waals surface area contributed by atoms with Gasteiger partial charge in [-0.05, 0) is 13.0 Å².